The Kier molecular flexibility index (Phi) is 4.06. The molecule has 22 heavy (non-hydrogen) atoms. The molecular weight excluding hydrogens is 280 g/mol. The number of carbonyl (C=O) groups excluding carboxylic acids is 2. The molecular formula is C17H18N2O3. The van der Waals surface area contributed by atoms with Gasteiger partial charge in [0.25, 0.3) is 0 Å². The number of hydrogen-bond acceptors (Lipinski definition) is 4. The number of ether oxygens (including phenoxy) is 1. The molecule has 0 saturated carbocycles. The maximum absolute atomic E-state index is 12.4. The van der Waals surface area contributed by atoms with Crippen LogP contribution in [0, 0.1) is 0 Å². The maximum Gasteiger partial charge on any atom is 0.415 e. The summed E-state index contributed by atoms with van der Waals surface area (Å²) in [4.78, 5) is 25.6. The number of ketones is 1. The highest BCUT2D eigenvalue weighted by atomic mass is 16.6. The standard InChI is InChI=1S/C17H18N2O3/c1-12(20)15-11-18-9-10-19(15)17(21)22-16-8-4-6-13-5-2-3-7-14(13)16/h2-8,15,18H,9-11H2,1H3. The van der Waals surface area contributed by atoms with Crippen LogP contribution in [0.25, 0.3) is 10.8 Å². The van der Waals surface area contributed by atoms with E-state index >= 15 is 0 Å². The molecule has 2 aromatic rings. The highest BCUT2D eigenvalue weighted by Gasteiger charge is 2.31. The zero-order valence-corrected chi connectivity index (χ0v) is 12.4. The molecule has 1 fully saturated rings. The Morgan fingerprint density at radius 1 is 1.18 bits per heavy atom. The van der Waals surface area contributed by atoms with Gasteiger partial charge in [-0.1, -0.05) is 36.4 Å². The normalized spacial score (nSPS) is 18.2. The molecule has 1 atom stereocenters. The number of benzene rings is 2. The van der Waals surface area contributed by atoms with Crippen LogP contribution >= 0.6 is 0 Å². The van der Waals surface area contributed by atoms with E-state index in [2.05, 4.69) is 5.32 Å². The second-order valence-electron chi connectivity index (χ2n) is 5.37. The molecule has 3 rings (SSSR count). The highest BCUT2D eigenvalue weighted by molar-refractivity contribution is 5.91. The molecule has 1 saturated heterocycles. The van der Waals surface area contributed by atoms with Gasteiger partial charge in [0.15, 0.2) is 5.78 Å². The Morgan fingerprint density at radius 3 is 2.77 bits per heavy atom. The molecule has 0 bridgehead atoms. The predicted octanol–water partition coefficient (Wildman–Crippen LogP) is 2.20. The minimum Gasteiger partial charge on any atom is -0.410 e. The fourth-order valence-corrected chi connectivity index (χ4v) is 2.72. The number of Topliss-reactive ketones (excluding diaryl/α,β-unsaturated/α-hetero) is 1. The fraction of sp³-hybridized carbons (Fsp3) is 0.294. The first kappa shape index (κ1) is 14.5. The molecule has 0 radical (unpaired) electrons. The Hall–Kier alpha value is -2.40. The van der Waals surface area contributed by atoms with E-state index in [0.29, 0.717) is 25.4 Å². The van der Waals surface area contributed by atoms with Crippen LogP contribution < -0.4 is 10.1 Å². The largest absolute Gasteiger partial charge is 0.415 e. The molecule has 5 nitrogen and oxygen atoms in total. The number of fused-ring (bicyclic) bond motifs is 1. The van der Waals surface area contributed by atoms with E-state index in [4.69, 9.17) is 4.74 Å². The van der Waals surface area contributed by atoms with Crippen LogP contribution in [-0.4, -0.2) is 42.5 Å². The Labute approximate surface area is 128 Å². The topological polar surface area (TPSA) is 58.6 Å². The Morgan fingerprint density at radius 2 is 1.95 bits per heavy atom. The third-order valence-corrected chi connectivity index (χ3v) is 3.89. The summed E-state index contributed by atoms with van der Waals surface area (Å²) in [6, 6.07) is 12.9. The summed E-state index contributed by atoms with van der Waals surface area (Å²) in [6.45, 7) is 3.10. The summed E-state index contributed by atoms with van der Waals surface area (Å²) in [7, 11) is 0. The van der Waals surface area contributed by atoms with Crippen molar-refractivity contribution in [1.29, 1.82) is 0 Å². The van der Waals surface area contributed by atoms with Gasteiger partial charge in [0.1, 0.15) is 11.8 Å². The molecule has 114 valence electrons. The summed E-state index contributed by atoms with van der Waals surface area (Å²) in [6.07, 6.45) is -0.474. The smallest absolute Gasteiger partial charge is 0.410 e. The van der Waals surface area contributed by atoms with Gasteiger partial charge in [0.05, 0.1) is 0 Å². The number of rotatable bonds is 2. The molecule has 0 spiro atoms. The molecule has 1 aliphatic heterocycles. The van der Waals surface area contributed by atoms with E-state index in [1.807, 2.05) is 36.4 Å². The van der Waals surface area contributed by atoms with Crippen molar-refractivity contribution in [2.24, 2.45) is 0 Å². The van der Waals surface area contributed by atoms with Crippen LogP contribution in [0.4, 0.5) is 4.79 Å². The zero-order valence-electron chi connectivity index (χ0n) is 12.4. The van der Waals surface area contributed by atoms with Crippen molar-refractivity contribution in [1.82, 2.24) is 10.2 Å². The summed E-state index contributed by atoms with van der Waals surface area (Å²) in [5, 5.41) is 5.02. The number of amides is 1. The summed E-state index contributed by atoms with van der Waals surface area (Å²) in [5.41, 5.74) is 0. The monoisotopic (exact) mass is 298 g/mol. The minimum atomic E-state index is -0.474. The number of carbonyl (C=O) groups is 2. The van der Waals surface area contributed by atoms with Gasteiger partial charge in [0, 0.05) is 25.0 Å². The van der Waals surface area contributed by atoms with Crippen molar-refractivity contribution in [2.45, 2.75) is 13.0 Å². The highest BCUT2D eigenvalue weighted by Crippen LogP contribution is 2.26. The van der Waals surface area contributed by atoms with Crippen molar-refractivity contribution >= 4 is 22.6 Å². The quantitative estimate of drug-likeness (QED) is 0.923. The number of piperazine rings is 1. The van der Waals surface area contributed by atoms with Crippen LogP contribution in [0.3, 0.4) is 0 Å². The molecule has 1 N–H and O–H groups in total. The van der Waals surface area contributed by atoms with E-state index in [-0.39, 0.29) is 5.78 Å². The van der Waals surface area contributed by atoms with Gasteiger partial charge in [0.2, 0.25) is 0 Å². The first-order chi connectivity index (χ1) is 10.7. The van der Waals surface area contributed by atoms with Gasteiger partial charge in [-0.15, -0.1) is 0 Å². The second-order valence-corrected chi connectivity index (χ2v) is 5.37. The molecule has 1 aliphatic rings. The average Bonchev–Trinajstić information content (AvgIpc) is 2.55. The lowest BCUT2D eigenvalue weighted by Crippen LogP contribution is -2.57. The van der Waals surface area contributed by atoms with Gasteiger partial charge in [-0.05, 0) is 18.4 Å². The van der Waals surface area contributed by atoms with Crippen LogP contribution in [0.1, 0.15) is 6.92 Å². The third-order valence-electron chi connectivity index (χ3n) is 3.89. The number of hydrogen-bond donors (Lipinski definition) is 1. The van der Waals surface area contributed by atoms with Crippen LogP contribution in [0.2, 0.25) is 0 Å². The lowest BCUT2D eigenvalue weighted by Gasteiger charge is -2.33. The Bertz CT molecular complexity index is 709. The van der Waals surface area contributed by atoms with Gasteiger partial charge >= 0.3 is 6.09 Å². The van der Waals surface area contributed by atoms with Crippen molar-refractivity contribution in [3.8, 4) is 5.75 Å². The Balaban J connectivity index is 1.85. The van der Waals surface area contributed by atoms with E-state index in [0.717, 1.165) is 10.8 Å². The van der Waals surface area contributed by atoms with Gasteiger partial charge in [-0.3, -0.25) is 9.69 Å². The lowest BCUT2D eigenvalue weighted by molar-refractivity contribution is -0.122. The lowest BCUT2D eigenvalue weighted by atomic mass is 10.1. The van der Waals surface area contributed by atoms with Crippen molar-refractivity contribution in [2.75, 3.05) is 19.6 Å². The van der Waals surface area contributed by atoms with Crippen molar-refractivity contribution in [3.63, 3.8) is 0 Å². The van der Waals surface area contributed by atoms with E-state index < -0.39 is 12.1 Å². The summed E-state index contributed by atoms with van der Waals surface area (Å²) < 4.78 is 5.55. The molecule has 0 aromatic heterocycles. The number of nitrogens with zero attached hydrogens (tertiary/aromatic N) is 1. The molecule has 2 aromatic carbocycles. The van der Waals surface area contributed by atoms with E-state index in [1.54, 1.807) is 6.07 Å². The summed E-state index contributed by atoms with van der Waals surface area (Å²) in [5.74, 6) is 0.478. The molecule has 1 unspecified atom stereocenters. The van der Waals surface area contributed by atoms with Gasteiger partial charge < -0.3 is 10.1 Å². The third kappa shape index (κ3) is 2.80. The number of nitrogens with one attached hydrogen (secondary N) is 1. The maximum atomic E-state index is 12.4. The first-order valence-electron chi connectivity index (χ1n) is 7.34. The second kappa shape index (κ2) is 6.15. The predicted molar refractivity (Wildman–Crippen MR) is 84.0 cm³/mol. The first-order valence-corrected chi connectivity index (χ1v) is 7.34. The van der Waals surface area contributed by atoms with Gasteiger partial charge in [-0.25, -0.2) is 4.79 Å². The zero-order chi connectivity index (χ0) is 15.5. The molecule has 0 aliphatic carbocycles. The van der Waals surface area contributed by atoms with Crippen molar-refractivity contribution < 1.29 is 14.3 Å². The SMILES string of the molecule is CC(=O)C1CNCCN1C(=O)Oc1cccc2ccccc12. The van der Waals surface area contributed by atoms with Crippen LogP contribution in [-0.2, 0) is 4.79 Å². The van der Waals surface area contributed by atoms with Crippen LogP contribution in [0.15, 0.2) is 42.5 Å². The van der Waals surface area contributed by atoms with Crippen molar-refractivity contribution in [3.05, 3.63) is 42.5 Å². The van der Waals surface area contributed by atoms with E-state index in [1.165, 1.54) is 11.8 Å². The van der Waals surface area contributed by atoms with Crippen LogP contribution in [0.5, 0.6) is 5.75 Å². The average molecular weight is 298 g/mol. The van der Waals surface area contributed by atoms with E-state index in [9.17, 15) is 9.59 Å². The molecule has 1 heterocycles. The minimum absolute atomic E-state index is 0.0398. The summed E-state index contributed by atoms with van der Waals surface area (Å²) >= 11 is 0. The van der Waals surface area contributed by atoms with Gasteiger partial charge in [-0.2, -0.15) is 0 Å². The molecule has 5 heteroatoms. The fourth-order valence-electron chi connectivity index (χ4n) is 2.72. The molecule has 1 amide bonds.